The van der Waals surface area contributed by atoms with Crippen molar-refractivity contribution < 1.29 is 4.39 Å². The molecule has 0 atom stereocenters. The minimum atomic E-state index is -0.382. The Labute approximate surface area is 168 Å². The van der Waals surface area contributed by atoms with E-state index < -0.39 is 0 Å². The molecule has 1 aliphatic heterocycles. The first-order valence-electron chi connectivity index (χ1n) is 8.41. The minimum Gasteiger partial charge on any atom is -0.346 e. The molecule has 1 saturated heterocycles. The van der Waals surface area contributed by atoms with E-state index >= 15 is 0 Å². The van der Waals surface area contributed by atoms with Crippen LogP contribution < -0.4 is 5.32 Å². The summed E-state index contributed by atoms with van der Waals surface area (Å²) in [5.74, 6) is -0.382. The SMILES string of the molecule is Cc1c(Cl)cccc1NC(=S)N1CCN(Cc2ccc(F)c(Cl)c2)CC1. The highest BCUT2D eigenvalue weighted by Gasteiger charge is 2.19. The highest BCUT2D eigenvalue weighted by Crippen LogP contribution is 2.23. The van der Waals surface area contributed by atoms with Crippen LogP contribution in [0, 0.1) is 12.7 Å². The summed E-state index contributed by atoms with van der Waals surface area (Å²) in [6.07, 6.45) is 0. The molecule has 1 aliphatic rings. The zero-order valence-corrected chi connectivity index (χ0v) is 16.8. The fourth-order valence-corrected chi connectivity index (χ4v) is 3.61. The van der Waals surface area contributed by atoms with Gasteiger partial charge in [0.25, 0.3) is 0 Å². The van der Waals surface area contributed by atoms with Crippen LogP contribution in [0.1, 0.15) is 11.1 Å². The Bertz CT molecular complexity index is 807. The summed E-state index contributed by atoms with van der Waals surface area (Å²) in [7, 11) is 0. The van der Waals surface area contributed by atoms with Crippen molar-refractivity contribution in [2.24, 2.45) is 0 Å². The van der Waals surface area contributed by atoms with Crippen LogP contribution in [0.2, 0.25) is 10.0 Å². The molecule has 3 rings (SSSR count). The van der Waals surface area contributed by atoms with Crippen LogP contribution in [-0.2, 0) is 6.54 Å². The zero-order valence-electron chi connectivity index (χ0n) is 14.4. The molecule has 0 unspecified atom stereocenters. The second-order valence-corrected chi connectivity index (χ2v) is 7.56. The van der Waals surface area contributed by atoms with Crippen molar-refractivity contribution in [3.05, 3.63) is 63.4 Å². The molecule has 0 radical (unpaired) electrons. The van der Waals surface area contributed by atoms with Gasteiger partial charge in [-0.25, -0.2) is 4.39 Å². The van der Waals surface area contributed by atoms with E-state index in [0.29, 0.717) is 5.11 Å². The molecule has 1 N–H and O–H groups in total. The van der Waals surface area contributed by atoms with Gasteiger partial charge in [0.05, 0.1) is 5.02 Å². The molecule has 26 heavy (non-hydrogen) atoms. The topological polar surface area (TPSA) is 18.5 Å². The Morgan fingerprint density at radius 2 is 1.85 bits per heavy atom. The van der Waals surface area contributed by atoms with Crippen molar-refractivity contribution in [3.63, 3.8) is 0 Å². The maximum Gasteiger partial charge on any atom is 0.173 e. The Hall–Kier alpha value is -1.40. The number of rotatable bonds is 3. The highest BCUT2D eigenvalue weighted by molar-refractivity contribution is 7.80. The van der Waals surface area contributed by atoms with E-state index in [-0.39, 0.29) is 10.8 Å². The molecule has 0 saturated carbocycles. The number of halogens is 3. The van der Waals surface area contributed by atoms with E-state index in [1.54, 1.807) is 12.1 Å². The van der Waals surface area contributed by atoms with E-state index in [4.69, 9.17) is 35.4 Å². The Morgan fingerprint density at radius 1 is 1.12 bits per heavy atom. The predicted molar refractivity (Wildman–Crippen MR) is 111 cm³/mol. The molecule has 0 spiro atoms. The van der Waals surface area contributed by atoms with Crippen LogP contribution in [0.15, 0.2) is 36.4 Å². The third kappa shape index (κ3) is 4.65. The van der Waals surface area contributed by atoms with Gasteiger partial charge in [0.15, 0.2) is 5.11 Å². The van der Waals surface area contributed by atoms with Gasteiger partial charge in [-0.2, -0.15) is 0 Å². The molecule has 1 fully saturated rings. The van der Waals surface area contributed by atoms with Gasteiger partial charge in [-0.05, 0) is 54.5 Å². The average molecular weight is 412 g/mol. The number of benzene rings is 2. The largest absolute Gasteiger partial charge is 0.346 e. The van der Waals surface area contributed by atoms with Gasteiger partial charge in [0.2, 0.25) is 0 Å². The quantitative estimate of drug-likeness (QED) is 0.719. The lowest BCUT2D eigenvalue weighted by Crippen LogP contribution is -2.49. The van der Waals surface area contributed by atoms with Crippen molar-refractivity contribution in [2.75, 3.05) is 31.5 Å². The molecular formula is C19H20Cl2FN3S. The summed E-state index contributed by atoms with van der Waals surface area (Å²) in [6, 6.07) is 10.6. The molecule has 0 bridgehead atoms. The van der Waals surface area contributed by atoms with E-state index in [1.807, 2.05) is 25.1 Å². The summed E-state index contributed by atoms with van der Waals surface area (Å²) in [5.41, 5.74) is 2.94. The van der Waals surface area contributed by atoms with Crippen molar-refractivity contribution in [1.29, 1.82) is 0 Å². The molecule has 2 aromatic carbocycles. The second kappa shape index (κ2) is 8.53. The zero-order chi connectivity index (χ0) is 18.7. The number of piperazine rings is 1. The maximum atomic E-state index is 13.3. The second-order valence-electron chi connectivity index (χ2n) is 6.35. The smallest absolute Gasteiger partial charge is 0.173 e. The lowest BCUT2D eigenvalue weighted by molar-refractivity contribution is 0.177. The highest BCUT2D eigenvalue weighted by atomic mass is 35.5. The molecular weight excluding hydrogens is 392 g/mol. The van der Waals surface area contributed by atoms with E-state index in [1.165, 1.54) is 6.07 Å². The van der Waals surface area contributed by atoms with Crippen molar-refractivity contribution in [3.8, 4) is 0 Å². The fraction of sp³-hybridized carbons (Fsp3) is 0.316. The fourth-order valence-electron chi connectivity index (χ4n) is 2.94. The third-order valence-electron chi connectivity index (χ3n) is 4.56. The summed E-state index contributed by atoms with van der Waals surface area (Å²) in [6.45, 7) is 6.15. The number of hydrogen-bond acceptors (Lipinski definition) is 2. The Morgan fingerprint density at radius 3 is 2.54 bits per heavy atom. The lowest BCUT2D eigenvalue weighted by Gasteiger charge is -2.36. The van der Waals surface area contributed by atoms with Crippen molar-refractivity contribution >= 4 is 46.2 Å². The first-order chi connectivity index (χ1) is 12.4. The van der Waals surface area contributed by atoms with Gasteiger partial charge in [0.1, 0.15) is 5.82 Å². The van der Waals surface area contributed by atoms with Gasteiger partial charge in [-0.15, -0.1) is 0 Å². The van der Waals surface area contributed by atoms with Crippen LogP contribution >= 0.6 is 35.4 Å². The van der Waals surface area contributed by atoms with Crippen LogP contribution in [0.25, 0.3) is 0 Å². The number of thiocarbonyl (C=S) groups is 1. The first kappa shape index (κ1) is 19.4. The summed E-state index contributed by atoms with van der Waals surface area (Å²) in [4.78, 5) is 4.47. The monoisotopic (exact) mass is 411 g/mol. The molecule has 1 heterocycles. The molecule has 0 amide bonds. The van der Waals surface area contributed by atoms with Gasteiger partial charge in [0, 0.05) is 43.4 Å². The van der Waals surface area contributed by atoms with Crippen LogP contribution in [-0.4, -0.2) is 41.1 Å². The summed E-state index contributed by atoms with van der Waals surface area (Å²) >= 11 is 17.6. The number of anilines is 1. The Kier molecular flexibility index (Phi) is 6.35. The van der Waals surface area contributed by atoms with Crippen molar-refractivity contribution in [2.45, 2.75) is 13.5 Å². The maximum absolute atomic E-state index is 13.3. The van der Waals surface area contributed by atoms with Gasteiger partial charge in [-0.3, -0.25) is 4.90 Å². The predicted octanol–water partition coefficient (Wildman–Crippen LogP) is 4.96. The minimum absolute atomic E-state index is 0.170. The standard InChI is InChI=1S/C19H20Cl2FN3S/c1-13-15(20)3-2-4-18(13)23-19(26)25-9-7-24(8-10-25)12-14-5-6-17(22)16(21)11-14/h2-6,11H,7-10,12H2,1H3,(H,23,26). The number of hydrogen-bond donors (Lipinski definition) is 1. The van der Waals surface area contributed by atoms with E-state index in [2.05, 4.69) is 15.1 Å². The number of nitrogens with zero attached hydrogens (tertiary/aromatic N) is 2. The molecule has 3 nitrogen and oxygen atoms in total. The molecule has 138 valence electrons. The molecule has 7 heteroatoms. The first-order valence-corrected chi connectivity index (χ1v) is 9.58. The van der Waals surface area contributed by atoms with Gasteiger partial charge >= 0.3 is 0 Å². The van der Waals surface area contributed by atoms with E-state index in [9.17, 15) is 4.39 Å². The average Bonchev–Trinajstić information content (AvgIpc) is 2.63. The molecule has 2 aromatic rings. The Balaban J connectivity index is 1.53. The normalized spacial score (nSPS) is 15.2. The molecule has 0 aromatic heterocycles. The summed E-state index contributed by atoms with van der Waals surface area (Å²) in [5, 5.41) is 4.90. The lowest BCUT2D eigenvalue weighted by atomic mass is 10.2. The van der Waals surface area contributed by atoms with Crippen LogP contribution in [0.5, 0.6) is 0 Å². The molecule has 0 aliphatic carbocycles. The van der Waals surface area contributed by atoms with Crippen molar-refractivity contribution in [1.82, 2.24) is 9.80 Å². The third-order valence-corrected chi connectivity index (χ3v) is 5.62. The summed E-state index contributed by atoms with van der Waals surface area (Å²) < 4.78 is 13.3. The van der Waals surface area contributed by atoms with Gasteiger partial charge < -0.3 is 10.2 Å². The van der Waals surface area contributed by atoms with Crippen LogP contribution in [0.4, 0.5) is 10.1 Å². The van der Waals surface area contributed by atoms with Crippen LogP contribution in [0.3, 0.4) is 0 Å². The van der Waals surface area contributed by atoms with Gasteiger partial charge in [-0.1, -0.05) is 35.3 Å². The van der Waals surface area contributed by atoms with E-state index in [0.717, 1.165) is 54.6 Å². The number of nitrogens with one attached hydrogen (secondary N) is 1.